The van der Waals surface area contributed by atoms with E-state index in [9.17, 15) is 19.6 Å². The molecule has 0 amide bonds. The maximum atomic E-state index is 12.4. The third-order valence-electron chi connectivity index (χ3n) is 7.02. The molecule has 0 aliphatic rings. The van der Waals surface area contributed by atoms with E-state index in [-0.39, 0.29) is 24.6 Å². The Labute approximate surface area is 236 Å². The van der Waals surface area contributed by atoms with Crippen molar-refractivity contribution in [2.75, 3.05) is 13.2 Å². The number of aromatic hydroxyl groups is 1. The van der Waals surface area contributed by atoms with Crippen molar-refractivity contribution in [2.45, 2.75) is 79.8 Å². The molecule has 0 saturated carbocycles. The van der Waals surface area contributed by atoms with Gasteiger partial charge < -0.3 is 0 Å². The van der Waals surface area contributed by atoms with Crippen LogP contribution in [0.1, 0.15) is 75.3 Å². The van der Waals surface area contributed by atoms with E-state index >= 15 is 0 Å². The van der Waals surface area contributed by atoms with E-state index in [1.54, 1.807) is 39.8 Å². The second kappa shape index (κ2) is 13.1. The Morgan fingerprint density at radius 3 is 2.05 bits per heavy atom. The van der Waals surface area contributed by atoms with Crippen molar-refractivity contribution in [3.05, 3.63) is 58.1 Å². The van der Waals surface area contributed by atoms with Gasteiger partial charge in [0.1, 0.15) is 0 Å². The Hall–Kier alpha value is -2.97. The summed E-state index contributed by atoms with van der Waals surface area (Å²) in [7, 11) is -3.97. The molecule has 40 heavy (non-hydrogen) atoms. The van der Waals surface area contributed by atoms with Crippen molar-refractivity contribution in [1.29, 1.82) is 0 Å². The van der Waals surface area contributed by atoms with Crippen LogP contribution < -0.4 is 15.7 Å². The summed E-state index contributed by atoms with van der Waals surface area (Å²) in [5, 5.41) is 17.0. The Morgan fingerprint density at radius 2 is 1.52 bits per heavy atom. The first-order chi connectivity index (χ1) is 18.8. The molecule has 0 unspecified atom stereocenters. The summed E-state index contributed by atoms with van der Waals surface area (Å²) in [6.07, 6.45) is 0.659. The van der Waals surface area contributed by atoms with E-state index in [4.69, 9.17) is 13.9 Å². The molecule has 1 aromatic heterocycles. The summed E-state index contributed by atoms with van der Waals surface area (Å²) >= 11 is 0. The molecule has 0 spiro atoms. The predicted octanol–water partition coefficient (Wildman–Crippen LogP) is 4.66. The standard InChI is InChI=1S/C30H43N2O7P/c1-9-37-29(34)20(7)31-40(36,32-21(8)30(35)38-10-2)28-16-25-19(6)24(18(5)13-27(25)39-28)15-22-11-12-26(33)23(14-22)17(3)4/h11-14,16-17,20-21,31-33,36,40H,9-10,15H2,1-8H3/t20-,21-/m0/s1. The Bertz CT molecular complexity index is 1340. The van der Waals surface area contributed by atoms with Crippen molar-refractivity contribution >= 4 is 36.2 Å². The van der Waals surface area contributed by atoms with Crippen molar-refractivity contribution in [3.8, 4) is 5.75 Å². The van der Waals surface area contributed by atoms with Crippen LogP contribution in [0.2, 0.25) is 0 Å². The van der Waals surface area contributed by atoms with Gasteiger partial charge in [0.2, 0.25) is 0 Å². The van der Waals surface area contributed by atoms with E-state index in [1.807, 2.05) is 45.9 Å². The summed E-state index contributed by atoms with van der Waals surface area (Å²) in [6, 6.07) is 7.68. The minimum absolute atomic E-state index is 0.192. The number of aryl methyl sites for hydroxylation is 2. The van der Waals surface area contributed by atoms with Crippen molar-refractivity contribution in [1.82, 2.24) is 10.2 Å². The molecule has 10 heteroatoms. The monoisotopic (exact) mass is 574 g/mol. The number of ether oxygens (including phenoxy) is 2. The van der Waals surface area contributed by atoms with Crippen LogP contribution in [0.4, 0.5) is 0 Å². The van der Waals surface area contributed by atoms with Gasteiger partial charge in [-0.15, -0.1) is 0 Å². The number of hydrogen-bond acceptors (Lipinski definition) is 9. The number of furan rings is 1. The van der Waals surface area contributed by atoms with Crippen LogP contribution in [-0.2, 0) is 25.5 Å². The van der Waals surface area contributed by atoms with Gasteiger partial charge in [-0.05, 0) is 0 Å². The van der Waals surface area contributed by atoms with Crippen LogP contribution in [0.5, 0.6) is 5.75 Å². The van der Waals surface area contributed by atoms with E-state index in [1.165, 1.54) is 0 Å². The van der Waals surface area contributed by atoms with Gasteiger partial charge in [0.15, 0.2) is 0 Å². The number of benzene rings is 2. The van der Waals surface area contributed by atoms with E-state index in [0.717, 1.165) is 33.2 Å². The quantitative estimate of drug-likeness (QED) is 0.180. The summed E-state index contributed by atoms with van der Waals surface area (Å²) in [6.45, 7) is 15.1. The van der Waals surface area contributed by atoms with Crippen molar-refractivity contribution in [3.63, 3.8) is 0 Å². The van der Waals surface area contributed by atoms with Crippen LogP contribution in [0, 0.1) is 13.8 Å². The van der Waals surface area contributed by atoms with Crippen molar-refractivity contribution in [2.24, 2.45) is 0 Å². The van der Waals surface area contributed by atoms with Crippen LogP contribution in [0.3, 0.4) is 0 Å². The summed E-state index contributed by atoms with van der Waals surface area (Å²) < 4.78 is 16.4. The third-order valence-corrected chi connectivity index (χ3v) is 9.68. The number of phenols is 1. The fourth-order valence-electron chi connectivity index (χ4n) is 4.84. The number of hydrogen-bond donors (Lipinski definition) is 4. The number of esters is 2. The molecular weight excluding hydrogens is 531 g/mol. The molecule has 9 nitrogen and oxygen atoms in total. The van der Waals surface area contributed by atoms with E-state index in [2.05, 4.69) is 10.2 Å². The van der Waals surface area contributed by atoms with Crippen molar-refractivity contribution < 1.29 is 33.5 Å². The van der Waals surface area contributed by atoms with Gasteiger partial charge in [-0.3, -0.25) is 0 Å². The SMILES string of the molecule is CCOC(=O)[C@H](C)N[PH](O)(N[C@@H](C)C(=O)OCC)c1cc2c(C)c(Cc3ccc(O)c(C(C)C)c3)c(C)cc2o1. The van der Waals surface area contributed by atoms with Gasteiger partial charge in [-0.2, -0.15) is 0 Å². The minimum atomic E-state index is -3.97. The number of carbonyl (C=O) groups is 2. The molecule has 0 aliphatic heterocycles. The third kappa shape index (κ3) is 7.02. The molecular formula is C30H43N2O7P. The van der Waals surface area contributed by atoms with Crippen LogP contribution >= 0.6 is 7.79 Å². The van der Waals surface area contributed by atoms with E-state index in [0.29, 0.717) is 17.8 Å². The van der Waals surface area contributed by atoms with Crippen LogP contribution in [0.25, 0.3) is 11.0 Å². The molecule has 3 aromatic rings. The van der Waals surface area contributed by atoms with Gasteiger partial charge in [0.25, 0.3) is 0 Å². The van der Waals surface area contributed by atoms with Gasteiger partial charge >= 0.3 is 237 Å². The molecule has 4 N–H and O–H groups in total. The molecule has 0 fully saturated rings. The summed E-state index contributed by atoms with van der Waals surface area (Å²) in [4.78, 5) is 36.7. The first-order valence-corrected chi connectivity index (χ1v) is 15.7. The molecule has 0 bridgehead atoms. The fourth-order valence-corrected chi connectivity index (χ4v) is 7.31. The molecule has 0 saturated heterocycles. The molecule has 1 heterocycles. The molecule has 2 atom stereocenters. The number of fused-ring (bicyclic) bond motifs is 1. The summed E-state index contributed by atoms with van der Waals surface area (Å²) in [5.74, 6) is -0.573. The number of carbonyl (C=O) groups excluding carboxylic acids is 2. The first kappa shape index (κ1) is 31.6. The Morgan fingerprint density at radius 1 is 0.950 bits per heavy atom. The second-order valence-electron chi connectivity index (χ2n) is 10.5. The second-order valence-corrected chi connectivity index (χ2v) is 13.0. The number of phenolic OH excluding ortho intramolecular Hbond substituents is 1. The zero-order valence-corrected chi connectivity index (χ0v) is 25.7. The molecule has 0 radical (unpaired) electrons. The topological polar surface area (TPSA) is 130 Å². The average molecular weight is 575 g/mol. The predicted molar refractivity (Wildman–Crippen MR) is 159 cm³/mol. The maximum absolute atomic E-state index is 12.4. The first-order valence-electron chi connectivity index (χ1n) is 13.8. The fraction of sp³-hybridized carbons (Fsp3) is 0.467. The molecule has 2 aromatic carbocycles. The van der Waals surface area contributed by atoms with Gasteiger partial charge in [-0.25, -0.2) is 0 Å². The van der Waals surface area contributed by atoms with Gasteiger partial charge in [-0.1, -0.05) is 0 Å². The summed E-state index contributed by atoms with van der Waals surface area (Å²) in [5.41, 5.74) is 5.93. The average Bonchev–Trinajstić information content (AvgIpc) is 3.32. The van der Waals surface area contributed by atoms with Gasteiger partial charge in [0.05, 0.1) is 0 Å². The molecule has 3 rings (SSSR count). The van der Waals surface area contributed by atoms with Gasteiger partial charge in [0, 0.05) is 0 Å². The zero-order valence-electron chi connectivity index (χ0n) is 24.7. The molecule has 220 valence electrons. The van der Waals surface area contributed by atoms with Crippen LogP contribution in [-0.4, -0.2) is 47.2 Å². The zero-order chi connectivity index (χ0) is 29.8. The Kier molecular flexibility index (Phi) is 10.4. The number of nitrogens with one attached hydrogen (secondary N) is 2. The number of rotatable bonds is 12. The van der Waals surface area contributed by atoms with Crippen LogP contribution in [0.15, 0.2) is 34.7 Å². The normalized spacial score (nSPS) is 13.8. The Balaban J connectivity index is 2.05. The van der Waals surface area contributed by atoms with E-state index < -0.39 is 31.8 Å². The molecule has 0 aliphatic carbocycles.